The van der Waals surface area contributed by atoms with Gasteiger partial charge in [0.1, 0.15) is 0 Å². The second kappa shape index (κ2) is 6.77. The van der Waals surface area contributed by atoms with Crippen LogP contribution < -0.4 is 4.72 Å². The van der Waals surface area contributed by atoms with Crippen LogP contribution in [0.4, 0.5) is 0 Å². The third kappa shape index (κ3) is 3.48. The van der Waals surface area contributed by atoms with Crippen molar-refractivity contribution in [2.24, 2.45) is 0 Å². The van der Waals surface area contributed by atoms with Gasteiger partial charge in [-0.1, -0.05) is 42.8 Å². The second-order valence-electron chi connectivity index (χ2n) is 5.78. The Kier molecular flexibility index (Phi) is 4.76. The molecule has 1 fully saturated rings. The monoisotopic (exact) mass is 318 g/mol. The van der Waals surface area contributed by atoms with Crippen LogP contribution in [0.25, 0.3) is 10.8 Å². The summed E-state index contributed by atoms with van der Waals surface area (Å²) < 4.78 is 27.9. The highest BCUT2D eigenvalue weighted by Gasteiger charge is 2.17. The molecule has 1 N–H and O–H groups in total. The predicted molar refractivity (Wildman–Crippen MR) is 89.4 cm³/mol. The third-order valence-electron chi connectivity index (χ3n) is 4.21. The first-order valence-electron chi connectivity index (χ1n) is 7.87. The van der Waals surface area contributed by atoms with Crippen molar-refractivity contribution >= 4 is 20.8 Å². The van der Waals surface area contributed by atoms with Gasteiger partial charge in [0, 0.05) is 18.5 Å². The van der Waals surface area contributed by atoms with Gasteiger partial charge in [-0.25, -0.2) is 13.1 Å². The Hall–Kier alpha value is -1.43. The molecule has 1 aliphatic heterocycles. The summed E-state index contributed by atoms with van der Waals surface area (Å²) in [5.41, 5.74) is 0. The van der Waals surface area contributed by atoms with Crippen molar-refractivity contribution in [3.63, 3.8) is 0 Å². The van der Waals surface area contributed by atoms with E-state index < -0.39 is 10.0 Å². The van der Waals surface area contributed by atoms with E-state index >= 15 is 0 Å². The minimum Gasteiger partial charge on any atom is -0.302 e. The third-order valence-corrected chi connectivity index (χ3v) is 5.73. The van der Waals surface area contributed by atoms with Gasteiger partial charge in [-0.05, 0) is 37.4 Å². The first kappa shape index (κ1) is 15.5. The van der Waals surface area contributed by atoms with Gasteiger partial charge in [0.05, 0.1) is 4.90 Å². The van der Waals surface area contributed by atoms with Gasteiger partial charge in [-0.2, -0.15) is 0 Å². The Morgan fingerprint density at radius 3 is 2.50 bits per heavy atom. The van der Waals surface area contributed by atoms with Crippen LogP contribution in [0.3, 0.4) is 0 Å². The summed E-state index contributed by atoms with van der Waals surface area (Å²) in [5, 5.41) is 1.72. The van der Waals surface area contributed by atoms with Crippen LogP contribution in [0.15, 0.2) is 47.4 Å². The Morgan fingerprint density at radius 1 is 0.955 bits per heavy atom. The maximum absolute atomic E-state index is 12.6. The average molecular weight is 318 g/mol. The fourth-order valence-electron chi connectivity index (χ4n) is 3.03. The molecular formula is C17H22N2O2S. The first-order chi connectivity index (χ1) is 10.7. The first-order valence-corrected chi connectivity index (χ1v) is 9.35. The standard InChI is InChI=1S/C17H22N2O2S/c20-22(21,18-11-14-19-12-4-1-5-13-19)17-10-6-8-15-7-2-3-9-16(15)17/h2-3,6-10,18H,1,4-5,11-14H2. The van der Waals surface area contributed by atoms with Gasteiger partial charge in [-0.15, -0.1) is 0 Å². The lowest BCUT2D eigenvalue weighted by Gasteiger charge is -2.26. The van der Waals surface area contributed by atoms with Gasteiger partial charge in [-0.3, -0.25) is 0 Å². The summed E-state index contributed by atoms with van der Waals surface area (Å²) in [5.74, 6) is 0. The molecule has 4 nitrogen and oxygen atoms in total. The van der Waals surface area contributed by atoms with Crippen molar-refractivity contribution < 1.29 is 8.42 Å². The number of fused-ring (bicyclic) bond motifs is 1. The Balaban J connectivity index is 1.71. The molecule has 0 unspecified atom stereocenters. The molecule has 0 atom stereocenters. The van der Waals surface area contributed by atoms with Gasteiger partial charge in [0.15, 0.2) is 0 Å². The van der Waals surface area contributed by atoms with E-state index in [-0.39, 0.29) is 0 Å². The highest BCUT2D eigenvalue weighted by atomic mass is 32.2. The summed E-state index contributed by atoms with van der Waals surface area (Å²) in [6, 6.07) is 13.0. The van der Waals surface area contributed by atoms with Crippen molar-refractivity contribution in [1.29, 1.82) is 0 Å². The van der Waals surface area contributed by atoms with E-state index in [0.29, 0.717) is 11.4 Å². The van der Waals surface area contributed by atoms with Crippen LogP contribution in [-0.2, 0) is 10.0 Å². The molecule has 0 bridgehead atoms. The zero-order valence-electron chi connectivity index (χ0n) is 12.7. The fraction of sp³-hybridized carbons (Fsp3) is 0.412. The molecule has 3 rings (SSSR count). The normalized spacial score (nSPS) is 16.9. The minimum absolute atomic E-state index is 0.365. The van der Waals surface area contributed by atoms with E-state index in [2.05, 4.69) is 9.62 Å². The van der Waals surface area contributed by atoms with Crippen LogP contribution in [0.1, 0.15) is 19.3 Å². The van der Waals surface area contributed by atoms with Gasteiger partial charge < -0.3 is 4.90 Å². The summed E-state index contributed by atoms with van der Waals surface area (Å²) in [7, 11) is -3.46. The Morgan fingerprint density at radius 2 is 1.68 bits per heavy atom. The molecule has 2 aromatic carbocycles. The number of rotatable bonds is 5. The molecule has 5 heteroatoms. The molecule has 0 saturated carbocycles. The van der Waals surface area contributed by atoms with Gasteiger partial charge >= 0.3 is 0 Å². The molecule has 0 radical (unpaired) electrons. The lowest BCUT2D eigenvalue weighted by atomic mass is 10.1. The number of likely N-dealkylation sites (tertiary alicyclic amines) is 1. The molecule has 2 aromatic rings. The number of nitrogens with one attached hydrogen (secondary N) is 1. The molecule has 22 heavy (non-hydrogen) atoms. The summed E-state index contributed by atoms with van der Waals surface area (Å²) >= 11 is 0. The van der Waals surface area contributed by atoms with E-state index in [4.69, 9.17) is 0 Å². The van der Waals surface area contributed by atoms with Crippen molar-refractivity contribution in [1.82, 2.24) is 9.62 Å². The average Bonchev–Trinajstić information content (AvgIpc) is 2.55. The fourth-order valence-corrected chi connectivity index (χ4v) is 4.28. The van der Waals surface area contributed by atoms with E-state index in [1.54, 1.807) is 12.1 Å². The highest BCUT2D eigenvalue weighted by Crippen LogP contribution is 2.22. The molecule has 118 valence electrons. The van der Waals surface area contributed by atoms with Crippen LogP contribution in [0.5, 0.6) is 0 Å². The molecule has 0 spiro atoms. The summed E-state index contributed by atoms with van der Waals surface area (Å²) in [6.07, 6.45) is 3.73. The number of benzene rings is 2. The maximum atomic E-state index is 12.6. The molecule has 0 aliphatic carbocycles. The summed E-state index contributed by atoms with van der Waals surface area (Å²) in [4.78, 5) is 2.69. The van der Waals surface area contributed by atoms with Crippen molar-refractivity contribution in [2.45, 2.75) is 24.2 Å². The Bertz CT molecular complexity index is 732. The number of hydrogen-bond donors (Lipinski definition) is 1. The van der Waals surface area contributed by atoms with E-state index in [1.165, 1.54) is 19.3 Å². The van der Waals surface area contributed by atoms with Gasteiger partial charge in [0.2, 0.25) is 10.0 Å². The van der Waals surface area contributed by atoms with E-state index in [0.717, 1.165) is 30.4 Å². The van der Waals surface area contributed by atoms with Crippen molar-refractivity contribution in [2.75, 3.05) is 26.2 Å². The van der Waals surface area contributed by atoms with Crippen LogP contribution in [0, 0.1) is 0 Å². The largest absolute Gasteiger partial charge is 0.302 e. The van der Waals surface area contributed by atoms with E-state index in [1.807, 2.05) is 30.3 Å². The number of hydrogen-bond acceptors (Lipinski definition) is 3. The minimum atomic E-state index is -3.46. The van der Waals surface area contributed by atoms with Crippen molar-refractivity contribution in [3.8, 4) is 0 Å². The van der Waals surface area contributed by atoms with Gasteiger partial charge in [0.25, 0.3) is 0 Å². The highest BCUT2D eigenvalue weighted by molar-refractivity contribution is 7.89. The quantitative estimate of drug-likeness (QED) is 0.922. The lowest BCUT2D eigenvalue weighted by Crippen LogP contribution is -2.37. The molecule has 1 heterocycles. The van der Waals surface area contributed by atoms with Crippen molar-refractivity contribution in [3.05, 3.63) is 42.5 Å². The SMILES string of the molecule is O=S(=O)(NCCN1CCCCC1)c1cccc2ccccc12. The smallest absolute Gasteiger partial charge is 0.241 e. The van der Waals surface area contributed by atoms with Crippen LogP contribution >= 0.6 is 0 Å². The topological polar surface area (TPSA) is 49.4 Å². The molecular weight excluding hydrogens is 296 g/mol. The number of sulfonamides is 1. The zero-order chi connectivity index (χ0) is 15.4. The molecule has 1 saturated heterocycles. The van der Waals surface area contributed by atoms with Crippen LogP contribution in [-0.4, -0.2) is 39.5 Å². The van der Waals surface area contributed by atoms with E-state index in [9.17, 15) is 8.42 Å². The number of nitrogens with zero attached hydrogens (tertiary/aromatic N) is 1. The molecule has 1 aliphatic rings. The van der Waals surface area contributed by atoms with Crippen LogP contribution in [0.2, 0.25) is 0 Å². The zero-order valence-corrected chi connectivity index (χ0v) is 13.5. The summed E-state index contributed by atoms with van der Waals surface area (Å²) in [6.45, 7) is 3.40. The second-order valence-corrected chi connectivity index (χ2v) is 7.51. The molecule has 0 aromatic heterocycles. The lowest BCUT2D eigenvalue weighted by molar-refractivity contribution is 0.233. The maximum Gasteiger partial charge on any atom is 0.241 e. The predicted octanol–water partition coefficient (Wildman–Crippen LogP) is 2.60. The molecule has 0 amide bonds. The Labute approximate surface area is 132 Å². The number of piperidine rings is 1.